The van der Waals surface area contributed by atoms with Crippen molar-refractivity contribution in [1.29, 1.82) is 0 Å². The summed E-state index contributed by atoms with van der Waals surface area (Å²) in [7, 11) is 1.88. The fourth-order valence-corrected chi connectivity index (χ4v) is 2.13. The quantitative estimate of drug-likeness (QED) is 0.850. The maximum absolute atomic E-state index is 12.4. The first-order chi connectivity index (χ1) is 8.91. The standard InChI is InChI=1S/C14H21F3N2/c1-4-13(18-3)11-6-8-12(9-7-11)19(5-2)10-14(15,16)17/h6-9,13,18H,4-5,10H2,1-3H3. The van der Waals surface area contributed by atoms with E-state index in [-0.39, 0.29) is 6.04 Å². The fourth-order valence-electron chi connectivity index (χ4n) is 2.13. The summed E-state index contributed by atoms with van der Waals surface area (Å²) in [5.41, 5.74) is 1.70. The molecule has 0 aliphatic carbocycles. The molecule has 0 amide bonds. The third-order valence-corrected chi connectivity index (χ3v) is 3.17. The molecule has 19 heavy (non-hydrogen) atoms. The molecule has 2 nitrogen and oxygen atoms in total. The molecule has 108 valence electrons. The van der Waals surface area contributed by atoms with Crippen LogP contribution in [0.2, 0.25) is 0 Å². The molecule has 0 fully saturated rings. The van der Waals surface area contributed by atoms with Gasteiger partial charge in [-0.1, -0.05) is 19.1 Å². The number of hydrogen-bond donors (Lipinski definition) is 1. The topological polar surface area (TPSA) is 15.3 Å². The van der Waals surface area contributed by atoms with E-state index in [1.807, 2.05) is 19.2 Å². The third-order valence-electron chi connectivity index (χ3n) is 3.17. The van der Waals surface area contributed by atoms with Gasteiger partial charge in [0, 0.05) is 18.3 Å². The van der Waals surface area contributed by atoms with Crippen molar-refractivity contribution in [2.45, 2.75) is 32.5 Å². The molecule has 1 N–H and O–H groups in total. The maximum Gasteiger partial charge on any atom is 0.405 e. The zero-order valence-electron chi connectivity index (χ0n) is 11.6. The number of rotatable bonds is 6. The van der Waals surface area contributed by atoms with Crippen LogP contribution in [0.5, 0.6) is 0 Å². The minimum absolute atomic E-state index is 0.242. The summed E-state index contributed by atoms with van der Waals surface area (Å²) in [4.78, 5) is 1.32. The van der Waals surface area contributed by atoms with Gasteiger partial charge >= 0.3 is 6.18 Å². The smallest absolute Gasteiger partial charge is 0.363 e. The summed E-state index contributed by atoms with van der Waals surface area (Å²) in [5.74, 6) is 0. The Morgan fingerprint density at radius 2 is 1.74 bits per heavy atom. The summed E-state index contributed by atoms with van der Waals surface area (Å²) in [6.45, 7) is 3.22. The predicted molar refractivity (Wildman–Crippen MR) is 72.5 cm³/mol. The van der Waals surface area contributed by atoms with E-state index in [2.05, 4.69) is 12.2 Å². The van der Waals surface area contributed by atoms with Crippen LogP contribution >= 0.6 is 0 Å². The number of benzene rings is 1. The van der Waals surface area contributed by atoms with Crippen molar-refractivity contribution in [3.63, 3.8) is 0 Å². The molecule has 0 bridgehead atoms. The van der Waals surface area contributed by atoms with Crippen molar-refractivity contribution in [2.75, 3.05) is 25.0 Å². The molecule has 1 aromatic carbocycles. The van der Waals surface area contributed by atoms with Crippen LogP contribution in [0.25, 0.3) is 0 Å². The second-order valence-electron chi connectivity index (χ2n) is 4.47. The highest BCUT2D eigenvalue weighted by Crippen LogP contribution is 2.24. The Bertz CT molecular complexity index is 369. The Labute approximate surface area is 112 Å². The van der Waals surface area contributed by atoms with Crippen LogP contribution in [0.3, 0.4) is 0 Å². The van der Waals surface area contributed by atoms with Gasteiger partial charge in [-0.2, -0.15) is 13.2 Å². The van der Waals surface area contributed by atoms with Gasteiger partial charge in [-0.3, -0.25) is 0 Å². The highest BCUT2D eigenvalue weighted by Gasteiger charge is 2.30. The zero-order valence-corrected chi connectivity index (χ0v) is 11.6. The normalized spacial score (nSPS) is 13.4. The summed E-state index contributed by atoms with van der Waals surface area (Å²) in [6.07, 6.45) is -3.23. The van der Waals surface area contributed by atoms with Crippen LogP contribution in [-0.4, -0.2) is 26.3 Å². The lowest BCUT2D eigenvalue weighted by Gasteiger charge is -2.25. The average Bonchev–Trinajstić information content (AvgIpc) is 2.37. The Balaban J connectivity index is 2.84. The van der Waals surface area contributed by atoms with E-state index in [4.69, 9.17) is 0 Å². The first-order valence-corrected chi connectivity index (χ1v) is 6.50. The van der Waals surface area contributed by atoms with Crippen molar-refractivity contribution < 1.29 is 13.2 Å². The average molecular weight is 274 g/mol. The maximum atomic E-state index is 12.4. The van der Waals surface area contributed by atoms with Crippen molar-refractivity contribution in [1.82, 2.24) is 5.32 Å². The Kier molecular flexibility index (Phi) is 5.66. The van der Waals surface area contributed by atoms with Crippen LogP contribution < -0.4 is 10.2 Å². The molecule has 0 saturated carbocycles. The van der Waals surface area contributed by atoms with Crippen molar-refractivity contribution in [2.24, 2.45) is 0 Å². The minimum atomic E-state index is -4.17. The van der Waals surface area contributed by atoms with E-state index >= 15 is 0 Å². The van der Waals surface area contributed by atoms with E-state index in [1.165, 1.54) is 4.90 Å². The van der Waals surface area contributed by atoms with Crippen molar-refractivity contribution in [3.8, 4) is 0 Å². The van der Waals surface area contributed by atoms with E-state index in [9.17, 15) is 13.2 Å². The van der Waals surface area contributed by atoms with Gasteiger partial charge in [-0.05, 0) is 38.1 Å². The number of nitrogens with one attached hydrogen (secondary N) is 1. The number of alkyl halides is 3. The van der Waals surface area contributed by atoms with Gasteiger partial charge in [-0.15, -0.1) is 0 Å². The van der Waals surface area contributed by atoms with Crippen molar-refractivity contribution >= 4 is 5.69 Å². The molecular formula is C14H21F3N2. The highest BCUT2D eigenvalue weighted by atomic mass is 19.4. The third kappa shape index (κ3) is 4.74. The number of nitrogens with zero attached hydrogens (tertiary/aromatic N) is 1. The molecule has 0 saturated heterocycles. The fraction of sp³-hybridized carbons (Fsp3) is 0.571. The van der Waals surface area contributed by atoms with Crippen LogP contribution in [0.4, 0.5) is 18.9 Å². The summed E-state index contributed by atoms with van der Waals surface area (Å²) in [6, 6.07) is 7.53. The van der Waals surface area contributed by atoms with Crippen LogP contribution in [-0.2, 0) is 0 Å². The lowest BCUT2D eigenvalue weighted by Crippen LogP contribution is -2.34. The number of anilines is 1. The Morgan fingerprint density at radius 3 is 2.11 bits per heavy atom. The van der Waals surface area contributed by atoms with Crippen LogP contribution in [0.15, 0.2) is 24.3 Å². The molecule has 0 aliphatic rings. The van der Waals surface area contributed by atoms with Gasteiger partial charge in [0.25, 0.3) is 0 Å². The lowest BCUT2D eigenvalue weighted by atomic mass is 10.0. The van der Waals surface area contributed by atoms with E-state index in [0.29, 0.717) is 12.2 Å². The monoisotopic (exact) mass is 274 g/mol. The summed E-state index contributed by atoms with van der Waals surface area (Å²) >= 11 is 0. The highest BCUT2D eigenvalue weighted by molar-refractivity contribution is 5.48. The molecule has 0 spiro atoms. The van der Waals surface area contributed by atoms with Crippen LogP contribution in [0.1, 0.15) is 31.9 Å². The summed E-state index contributed by atoms with van der Waals surface area (Å²) in [5, 5.41) is 3.18. The first kappa shape index (κ1) is 15.8. The molecule has 1 rings (SSSR count). The Morgan fingerprint density at radius 1 is 1.16 bits per heavy atom. The van der Waals surface area contributed by atoms with Gasteiger partial charge in [0.1, 0.15) is 6.54 Å². The SMILES string of the molecule is CCC(NC)c1ccc(N(CC)CC(F)(F)F)cc1. The van der Waals surface area contributed by atoms with Crippen LogP contribution in [0, 0.1) is 0 Å². The minimum Gasteiger partial charge on any atom is -0.363 e. The van der Waals surface area contributed by atoms with Gasteiger partial charge in [0.2, 0.25) is 0 Å². The van der Waals surface area contributed by atoms with Gasteiger partial charge < -0.3 is 10.2 Å². The van der Waals surface area contributed by atoms with Gasteiger partial charge in [0.15, 0.2) is 0 Å². The number of hydrogen-bond acceptors (Lipinski definition) is 2. The first-order valence-electron chi connectivity index (χ1n) is 6.50. The predicted octanol–water partition coefficient (Wildman–Crippen LogP) is 3.75. The van der Waals surface area contributed by atoms with E-state index < -0.39 is 12.7 Å². The van der Waals surface area contributed by atoms with E-state index in [0.717, 1.165) is 12.0 Å². The zero-order chi connectivity index (χ0) is 14.5. The molecule has 0 radical (unpaired) electrons. The Hall–Kier alpha value is -1.23. The number of halogens is 3. The molecule has 1 atom stereocenters. The second-order valence-corrected chi connectivity index (χ2v) is 4.47. The molecule has 1 unspecified atom stereocenters. The summed E-state index contributed by atoms with van der Waals surface area (Å²) < 4.78 is 37.3. The molecule has 0 aliphatic heterocycles. The molecule has 0 aromatic heterocycles. The lowest BCUT2D eigenvalue weighted by molar-refractivity contribution is -0.119. The molecular weight excluding hydrogens is 253 g/mol. The second kappa shape index (κ2) is 6.80. The largest absolute Gasteiger partial charge is 0.405 e. The molecule has 5 heteroatoms. The van der Waals surface area contributed by atoms with Gasteiger partial charge in [-0.25, -0.2) is 0 Å². The molecule has 0 heterocycles. The van der Waals surface area contributed by atoms with Crippen molar-refractivity contribution in [3.05, 3.63) is 29.8 Å². The molecule has 1 aromatic rings. The van der Waals surface area contributed by atoms with Gasteiger partial charge in [0.05, 0.1) is 0 Å². The van der Waals surface area contributed by atoms with E-state index in [1.54, 1.807) is 19.1 Å².